The molecular formula is C23H26Cl2FN4O+. The summed E-state index contributed by atoms with van der Waals surface area (Å²) in [6.07, 6.45) is 4.97. The highest BCUT2D eigenvalue weighted by molar-refractivity contribution is 6.40. The van der Waals surface area contributed by atoms with Gasteiger partial charge < -0.3 is 0 Å². The van der Waals surface area contributed by atoms with Crippen LogP contribution in [-0.4, -0.2) is 36.3 Å². The van der Waals surface area contributed by atoms with E-state index in [0.29, 0.717) is 32.5 Å². The normalized spacial score (nSPS) is 20.8. The summed E-state index contributed by atoms with van der Waals surface area (Å²) >= 11 is 12.5. The number of amides is 1. The van der Waals surface area contributed by atoms with Gasteiger partial charge in [-0.2, -0.15) is 10.5 Å². The minimum absolute atomic E-state index is 0.177. The molecule has 1 unspecified atom stereocenters. The molecule has 0 radical (unpaired) electrons. The molecule has 5 nitrogen and oxygen atoms in total. The third-order valence-electron chi connectivity index (χ3n) is 6.01. The molecule has 4 rings (SSSR count). The minimum Gasteiger partial charge on any atom is -0.263 e. The number of anilines is 1. The van der Waals surface area contributed by atoms with E-state index in [1.165, 1.54) is 25.0 Å². The van der Waals surface area contributed by atoms with E-state index in [1.807, 2.05) is 0 Å². The monoisotopic (exact) mass is 463 g/mol. The number of quaternary nitrogens is 1. The fourth-order valence-corrected chi connectivity index (χ4v) is 4.78. The summed E-state index contributed by atoms with van der Waals surface area (Å²) in [6, 6.07) is 11.2. The number of hydrogen-bond acceptors (Lipinski definition) is 3. The second kappa shape index (κ2) is 9.15. The number of carbonyl (C=O) groups is 1. The van der Waals surface area contributed by atoms with Crippen LogP contribution in [0.1, 0.15) is 43.7 Å². The molecule has 31 heavy (non-hydrogen) atoms. The molecule has 2 aromatic rings. The number of likely N-dealkylation sites (tertiary alicyclic amines) is 1. The topological polar surface area (TPSA) is 44.7 Å². The van der Waals surface area contributed by atoms with Crippen LogP contribution in [0, 0.1) is 5.82 Å². The third-order valence-corrected chi connectivity index (χ3v) is 6.55. The zero-order chi connectivity index (χ0) is 22.0. The zero-order valence-electron chi connectivity index (χ0n) is 17.5. The van der Waals surface area contributed by atoms with Gasteiger partial charge in [-0.05, 0) is 61.6 Å². The van der Waals surface area contributed by atoms with Gasteiger partial charge in [-0.3, -0.25) is 9.80 Å². The van der Waals surface area contributed by atoms with E-state index in [2.05, 4.69) is 17.6 Å². The maximum absolute atomic E-state index is 13.5. The van der Waals surface area contributed by atoms with Crippen LogP contribution < -0.4 is 10.4 Å². The molecule has 0 bridgehead atoms. The van der Waals surface area contributed by atoms with Crippen LogP contribution in [-0.2, 0) is 4.79 Å². The Hall–Kier alpha value is -2.15. The third kappa shape index (κ3) is 5.03. The molecule has 0 aromatic heterocycles. The number of halogens is 3. The van der Waals surface area contributed by atoms with Crippen molar-refractivity contribution in [2.24, 2.45) is 5.10 Å². The quantitative estimate of drug-likeness (QED) is 0.608. The SMILES string of the molecule is C[N+]1(NC(=O)C2=NN(c3ccc(Cl)cc3Cl)C(c3ccc(F)cc3)C2)CCCCCC1. The van der Waals surface area contributed by atoms with Crippen LogP contribution in [0.15, 0.2) is 47.6 Å². The molecule has 0 aliphatic carbocycles. The van der Waals surface area contributed by atoms with Crippen molar-refractivity contribution in [1.29, 1.82) is 0 Å². The van der Waals surface area contributed by atoms with E-state index in [4.69, 9.17) is 23.2 Å². The van der Waals surface area contributed by atoms with Crippen molar-refractivity contribution in [3.05, 3.63) is 63.9 Å². The molecule has 0 saturated carbocycles. The Kier molecular flexibility index (Phi) is 6.51. The van der Waals surface area contributed by atoms with Crippen molar-refractivity contribution in [2.75, 3.05) is 25.1 Å². The summed E-state index contributed by atoms with van der Waals surface area (Å²) in [5.74, 6) is -0.487. The number of hydrazone groups is 1. The van der Waals surface area contributed by atoms with Gasteiger partial charge in [0.15, 0.2) is 0 Å². The van der Waals surface area contributed by atoms with Gasteiger partial charge in [0.05, 0.1) is 23.8 Å². The maximum atomic E-state index is 13.5. The molecular weight excluding hydrogens is 438 g/mol. The molecule has 1 N–H and O–H groups in total. The van der Waals surface area contributed by atoms with Crippen molar-refractivity contribution in [1.82, 2.24) is 5.43 Å². The summed E-state index contributed by atoms with van der Waals surface area (Å²) in [5.41, 5.74) is 5.12. The largest absolute Gasteiger partial charge is 0.312 e. The molecule has 1 saturated heterocycles. The Bertz CT molecular complexity index is 988. The number of benzene rings is 2. The molecule has 1 amide bonds. The second-order valence-electron chi connectivity index (χ2n) is 8.46. The molecule has 164 valence electrons. The first-order chi connectivity index (χ1) is 14.8. The van der Waals surface area contributed by atoms with E-state index in [1.54, 1.807) is 35.3 Å². The summed E-state index contributed by atoms with van der Waals surface area (Å²) in [6.45, 7) is 1.82. The van der Waals surface area contributed by atoms with Crippen molar-refractivity contribution >= 4 is 40.5 Å². The first-order valence-electron chi connectivity index (χ1n) is 10.6. The standard InChI is InChI=1S/C23H25Cl2FN4O/c1-30(12-4-2-3-5-13-30)28-23(31)20-15-22(16-6-9-18(26)10-7-16)29(27-20)21-11-8-17(24)14-19(21)25/h6-11,14,22H,2-5,12-13,15H2,1H3/p+1. The van der Waals surface area contributed by atoms with Crippen LogP contribution in [0.25, 0.3) is 0 Å². The molecule has 2 aromatic carbocycles. The number of nitrogens with one attached hydrogen (secondary N) is 1. The van der Waals surface area contributed by atoms with Crippen LogP contribution in [0.4, 0.5) is 10.1 Å². The van der Waals surface area contributed by atoms with Gasteiger partial charge in [0.25, 0.3) is 0 Å². The van der Waals surface area contributed by atoms with Gasteiger partial charge >= 0.3 is 5.91 Å². The van der Waals surface area contributed by atoms with Crippen molar-refractivity contribution < 1.29 is 13.8 Å². The average Bonchev–Trinajstić information content (AvgIpc) is 3.05. The maximum Gasteiger partial charge on any atom is 0.312 e. The summed E-state index contributed by atoms with van der Waals surface area (Å²) in [7, 11) is 2.06. The van der Waals surface area contributed by atoms with Crippen molar-refractivity contribution in [3.63, 3.8) is 0 Å². The van der Waals surface area contributed by atoms with Gasteiger partial charge in [-0.15, -0.1) is 0 Å². The fraction of sp³-hybridized carbons (Fsp3) is 0.391. The van der Waals surface area contributed by atoms with Crippen LogP contribution in [0.3, 0.4) is 0 Å². The minimum atomic E-state index is -0.310. The highest BCUT2D eigenvalue weighted by Crippen LogP contribution is 2.39. The Morgan fingerprint density at radius 2 is 1.77 bits per heavy atom. The first-order valence-corrected chi connectivity index (χ1v) is 11.3. The van der Waals surface area contributed by atoms with Gasteiger partial charge in [-0.25, -0.2) is 8.98 Å². The van der Waals surface area contributed by atoms with Crippen LogP contribution in [0.5, 0.6) is 0 Å². The van der Waals surface area contributed by atoms with Gasteiger partial charge in [0, 0.05) is 11.4 Å². The average molecular weight is 464 g/mol. The molecule has 2 aliphatic rings. The Balaban J connectivity index is 1.63. The van der Waals surface area contributed by atoms with Crippen LogP contribution in [0.2, 0.25) is 10.0 Å². The number of rotatable bonds is 4. The Morgan fingerprint density at radius 3 is 2.42 bits per heavy atom. The van der Waals surface area contributed by atoms with E-state index < -0.39 is 0 Å². The predicted octanol–water partition coefficient (Wildman–Crippen LogP) is 5.49. The molecule has 0 spiro atoms. The second-order valence-corrected chi connectivity index (χ2v) is 9.30. The lowest BCUT2D eigenvalue weighted by atomic mass is 10.0. The Morgan fingerprint density at radius 1 is 1.10 bits per heavy atom. The lowest BCUT2D eigenvalue weighted by Gasteiger charge is -2.32. The molecule has 1 fully saturated rings. The summed E-state index contributed by atoms with van der Waals surface area (Å²) < 4.78 is 14.0. The van der Waals surface area contributed by atoms with E-state index in [0.717, 1.165) is 31.5 Å². The lowest BCUT2D eigenvalue weighted by Crippen LogP contribution is -2.59. The molecule has 1 atom stereocenters. The van der Waals surface area contributed by atoms with Crippen molar-refractivity contribution in [2.45, 2.75) is 38.1 Å². The molecule has 2 aliphatic heterocycles. The smallest absolute Gasteiger partial charge is 0.263 e. The molecule has 2 heterocycles. The Labute approximate surface area is 192 Å². The highest BCUT2D eigenvalue weighted by atomic mass is 35.5. The summed E-state index contributed by atoms with van der Waals surface area (Å²) in [4.78, 5) is 13.2. The first kappa shape index (κ1) is 22.1. The fourth-order valence-electron chi connectivity index (χ4n) is 4.29. The number of carbonyl (C=O) groups excluding carboxylic acids is 1. The van der Waals surface area contributed by atoms with Gasteiger partial charge in [0.2, 0.25) is 0 Å². The van der Waals surface area contributed by atoms with Crippen LogP contribution >= 0.6 is 23.2 Å². The molecule has 8 heteroatoms. The highest BCUT2D eigenvalue weighted by Gasteiger charge is 2.36. The number of hydrogen-bond donors (Lipinski definition) is 1. The summed E-state index contributed by atoms with van der Waals surface area (Å²) in [5, 5.41) is 7.36. The van der Waals surface area contributed by atoms with E-state index >= 15 is 0 Å². The van der Waals surface area contributed by atoms with Gasteiger partial charge in [0.1, 0.15) is 24.6 Å². The zero-order valence-corrected chi connectivity index (χ0v) is 19.0. The van der Waals surface area contributed by atoms with E-state index in [-0.39, 0.29) is 17.8 Å². The van der Waals surface area contributed by atoms with Crippen molar-refractivity contribution in [3.8, 4) is 0 Å². The lowest BCUT2D eigenvalue weighted by molar-refractivity contribution is -0.942. The number of nitrogens with zero attached hydrogens (tertiary/aromatic N) is 3. The van der Waals surface area contributed by atoms with Gasteiger partial charge in [-0.1, -0.05) is 35.3 Å². The van der Waals surface area contributed by atoms with E-state index in [9.17, 15) is 9.18 Å². The predicted molar refractivity (Wildman–Crippen MR) is 123 cm³/mol.